The number of hydrogen-bond donors (Lipinski definition) is 6. The maximum absolute atomic E-state index is 10.9. The number of rotatable bonds is 8. The van der Waals surface area contributed by atoms with E-state index in [2.05, 4.69) is 16.7 Å². The minimum absolute atomic E-state index is 2.73. The molecule has 0 aromatic carbocycles. The maximum Gasteiger partial charge on any atom is 0.397 e. The van der Waals surface area contributed by atoms with Crippen molar-refractivity contribution in [1.29, 1.82) is 0 Å². The summed E-state index contributed by atoms with van der Waals surface area (Å²) in [5, 5.41) is 19.6. The summed E-state index contributed by atoms with van der Waals surface area (Å²) in [5.74, 6) is 0. The van der Waals surface area contributed by atoms with E-state index in [9.17, 15) is 43.9 Å². The molecule has 168 valence electrons. The summed E-state index contributed by atoms with van der Waals surface area (Å²) in [5.41, 5.74) is 0. The zero-order valence-corrected chi connectivity index (χ0v) is 15.9. The molecule has 0 bridgehead atoms. The van der Waals surface area contributed by atoms with Gasteiger partial charge in [-0.15, -0.1) is 0 Å². The van der Waals surface area contributed by atoms with Crippen LogP contribution in [-0.4, -0.2) is 98.7 Å². The summed E-state index contributed by atoms with van der Waals surface area (Å²) in [4.78, 5) is 0. The Morgan fingerprint density at radius 1 is 0.429 bits per heavy atom. The van der Waals surface area contributed by atoms with Gasteiger partial charge in [-0.25, -0.2) is 16.7 Å². The third kappa shape index (κ3) is 8.03. The van der Waals surface area contributed by atoms with Crippen molar-refractivity contribution in [2.75, 3.05) is 0 Å². The van der Waals surface area contributed by atoms with E-state index in [0.717, 1.165) is 0 Å². The van der Waals surface area contributed by atoms with E-state index in [1.165, 1.54) is 0 Å². The highest BCUT2D eigenvalue weighted by Gasteiger charge is 2.58. The quantitative estimate of drug-likeness (QED) is 0.171. The van der Waals surface area contributed by atoms with E-state index in [1.54, 1.807) is 0 Å². The zero-order valence-electron chi connectivity index (χ0n) is 12.7. The SMILES string of the molecule is O=S(=O)(O)O[C@@H]1[C@H](OS(=O)(=O)O)[C@H](OS(=O)(=O)O)[C@@H](O)[C@H](O)[C@H]1OS(=O)(=O)O. The fourth-order valence-corrected chi connectivity index (χ4v) is 4.16. The van der Waals surface area contributed by atoms with Crippen molar-refractivity contribution in [1.82, 2.24) is 0 Å². The van der Waals surface area contributed by atoms with Crippen LogP contribution in [0.25, 0.3) is 0 Å². The lowest BCUT2D eigenvalue weighted by molar-refractivity contribution is -0.198. The Hall–Kier alpha value is -0.600. The molecule has 1 aliphatic rings. The first-order valence-electron chi connectivity index (χ1n) is 6.19. The van der Waals surface area contributed by atoms with Gasteiger partial charge in [0.15, 0.2) is 0 Å². The van der Waals surface area contributed by atoms with Gasteiger partial charge in [-0.1, -0.05) is 0 Å². The van der Waals surface area contributed by atoms with Crippen LogP contribution in [-0.2, 0) is 58.3 Å². The van der Waals surface area contributed by atoms with Gasteiger partial charge in [0, 0.05) is 0 Å². The smallest absolute Gasteiger partial charge is 0.387 e. The molecule has 0 saturated heterocycles. The number of hydrogen-bond acceptors (Lipinski definition) is 14. The fourth-order valence-electron chi connectivity index (χ4n) is 2.16. The molecule has 1 aliphatic carbocycles. The number of aliphatic hydroxyl groups is 2. The van der Waals surface area contributed by atoms with Crippen molar-refractivity contribution in [2.45, 2.75) is 36.6 Å². The van der Waals surface area contributed by atoms with Crippen LogP contribution in [0.15, 0.2) is 0 Å². The molecule has 0 unspecified atom stereocenters. The molecule has 1 fully saturated rings. The molecule has 0 spiro atoms. The van der Waals surface area contributed by atoms with E-state index in [-0.39, 0.29) is 0 Å². The lowest BCUT2D eigenvalue weighted by atomic mass is 9.85. The van der Waals surface area contributed by atoms with Crippen LogP contribution >= 0.6 is 0 Å². The Morgan fingerprint density at radius 2 is 0.607 bits per heavy atom. The Morgan fingerprint density at radius 3 is 0.786 bits per heavy atom. The van der Waals surface area contributed by atoms with Gasteiger partial charge < -0.3 is 10.2 Å². The molecule has 0 radical (unpaired) electrons. The van der Waals surface area contributed by atoms with Crippen molar-refractivity contribution in [3.63, 3.8) is 0 Å². The van der Waals surface area contributed by atoms with E-state index in [0.29, 0.717) is 0 Å². The number of aliphatic hydroxyl groups excluding tert-OH is 2. The van der Waals surface area contributed by atoms with E-state index >= 15 is 0 Å². The average Bonchev–Trinajstić information content (AvgIpc) is 2.39. The second kappa shape index (κ2) is 8.26. The molecule has 1 saturated carbocycles. The summed E-state index contributed by atoms with van der Waals surface area (Å²) in [6, 6.07) is 0. The van der Waals surface area contributed by atoms with Crippen molar-refractivity contribution in [3.05, 3.63) is 0 Å². The molecule has 28 heavy (non-hydrogen) atoms. The minimum atomic E-state index is -5.68. The van der Waals surface area contributed by atoms with Gasteiger partial charge in [0.05, 0.1) is 0 Å². The molecule has 0 aliphatic heterocycles. The molecule has 0 aromatic rings. The Balaban J connectivity index is 3.62. The van der Waals surface area contributed by atoms with Crippen molar-refractivity contribution >= 4 is 41.6 Å². The van der Waals surface area contributed by atoms with E-state index in [1.807, 2.05) is 0 Å². The Bertz CT molecular complexity index is 893. The summed E-state index contributed by atoms with van der Waals surface area (Å²) in [7, 11) is -22.5. The minimum Gasteiger partial charge on any atom is -0.387 e. The van der Waals surface area contributed by atoms with Gasteiger partial charge >= 0.3 is 41.6 Å². The Labute approximate surface area is 157 Å². The van der Waals surface area contributed by atoms with Crippen LogP contribution in [0.3, 0.4) is 0 Å². The maximum atomic E-state index is 10.9. The van der Waals surface area contributed by atoms with Crippen LogP contribution in [0.1, 0.15) is 0 Å². The lowest BCUT2D eigenvalue weighted by Gasteiger charge is -2.43. The third-order valence-electron chi connectivity index (χ3n) is 2.93. The van der Waals surface area contributed by atoms with Crippen molar-refractivity contribution < 1.29 is 78.8 Å². The van der Waals surface area contributed by atoms with Gasteiger partial charge in [-0.2, -0.15) is 33.7 Å². The highest BCUT2D eigenvalue weighted by atomic mass is 32.3. The van der Waals surface area contributed by atoms with Crippen molar-refractivity contribution in [2.24, 2.45) is 0 Å². The largest absolute Gasteiger partial charge is 0.397 e. The summed E-state index contributed by atoms with van der Waals surface area (Å²) in [6.45, 7) is 0. The molecule has 6 atom stereocenters. The molecular weight excluding hydrogens is 488 g/mol. The standard InChI is InChI=1S/C6H12O18S4/c7-1-2(8)4(22-26(12,13)14)6(24-28(18,19)20)5(23-27(15,16)17)3(1)21-25(9,10)11/h1-8H,(H,9,10,11)(H,12,13,14)(H,15,16,17)(H,18,19,20)/t1-,2-,3+,4+,5-,6+/m0/s1. The first kappa shape index (κ1) is 25.4. The zero-order chi connectivity index (χ0) is 22.3. The van der Waals surface area contributed by atoms with E-state index < -0.39 is 78.2 Å². The first-order valence-corrected chi connectivity index (χ1v) is 11.7. The van der Waals surface area contributed by atoms with Crippen LogP contribution in [0.5, 0.6) is 0 Å². The molecule has 0 aromatic heterocycles. The molecule has 6 N–H and O–H groups in total. The summed E-state index contributed by atoms with van der Waals surface area (Å²) < 4.78 is 137. The normalized spacial score (nSPS) is 32.9. The second-order valence-corrected chi connectivity index (χ2v) is 9.13. The van der Waals surface area contributed by atoms with Gasteiger partial charge in [0.2, 0.25) is 0 Å². The monoisotopic (exact) mass is 500 g/mol. The van der Waals surface area contributed by atoms with Crippen molar-refractivity contribution in [3.8, 4) is 0 Å². The van der Waals surface area contributed by atoms with Crippen LogP contribution < -0.4 is 0 Å². The summed E-state index contributed by atoms with van der Waals surface area (Å²) >= 11 is 0. The molecule has 0 amide bonds. The van der Waals surface area contributed by atoms with E-state index in [4.69, 9.17) is 18.2 Å². The topological polar surface area (TPSA) is 295 Å². The fraction of sp³-hybridized carbons (Fsp3) is 1.00. The first-order chi connectivity index (χ1) is 12.2. The predicted octanol–water partition coefficient (Wildman–Crippen LogP) is -4.53. The van der Waals surface area contributed by atoms with Crippen LogP contribution in [0.2, 0.25) is 0 Å². The Kier molecular flexibility index (Phi) is 7.51. The van der Waals surface area contributed by atoms with Crippen LogP contribution in [0, 0.1) is 0 Å². The highest BCUT2D eigenvalue weighted by molar-refractivity contribution is 7.81. The van der Waals surface area contributed by atoms with Gasteiger partial charge in [-0.3, -0.25) is 18.2 Å². The molecular formula is C6H12O18S4. The molecule has 18 nitrogen and oxygen atoms in total. The van der Waals surface area contributed by atoms with Crippen LogP contribution in [0.4, 0.5) is 0 Å². The predicted molar refractivity (Wildman–Crippen MR) is 77.7 cm³/mol. The molecule has 22 heteroatoms. The molecule has 1 rings (SSSR count). The summed E-state index contributed by atoms with van der Waals surface area (Å²) in [6.07, 6.45) is -16.9. The highest BCUT2D eigenvalue weighted by Crippen LogP contribution is 2.33. The van der Waals surface area contributed by atoms with Gasteiger partial charge in [0.1, 0.15) is 36.6 Å². The lowest BCUT2D eigenvalue weighted by Crippen LogP contribution is -2.67. The second-order valence-electron chi connectivity index (χ2n) is 4.94. The average molecular weight is 500 g/mol. The third-order valence-corrected chi connectivity index (χ3v) is 4.79. The molecule has 0 heterocycles. The van der Waals surface area contributed by atoms with Gasteiger partial charge in [-0.05, 0) is 0 Å². The van der Waals surface area contributed by atoms with Gasteiger partial charge in [0.25, 0.3) is 0 Å².